The lowest BCUT2D eigenvalue weighted by Gasteiger charge is -2.05. The van der Waals surface area contributed by atoms with Gasteiger partial charge in [-0.1, -0.05) is 0 Å². The van der Waals surface area contributed by atoms with Crippen molar-refractivity contribution in [1.82, 2.24) is 4.57 Å². The third-order valence-electron chi connectivity index (χ3n) is 2.54. The van der Waals surface area contributed by atoms with Gasteiger partial charge in [0.05, 0.1) is 4.92 Å². The molecule has 6 nitrogen and oxygen atoms in total. The molecule has 0 aliphatic carbocycles. The molecule has 19 heavy (non-hydrogen) atoms. The Kier molecular flexibility index (Phi) is 3.42. The van der Waals surface area contributed by atoms with Crippen molar-refractivity contribution < 1.29 is 9.72 Å². The van der Waals surface area contributed by atoms with Crippen LogP contribution in [0.4, 0.5) is 5.69 Å². The fourth-order valence-electron chi connectivity index (χ4n) is 1.67. The Hall–Kier alpha value is -2.89. The molecule has 0 saturated heterocycles. The number of rotatable bonds is 4. The van der Waals surface area contributed by atoms with Crippen molar-refractivity contribution in [3.63, 3.8) is 0 Å². The van der Waals surface area contributed by atoms with E-state index in [0.717, 1.165) is 11.4 Å². The first-order chi connectivity index (χ1) is 9.08. The van der Waals surface area contributed by atoms with E-state index in [-0.39, 0.29) is 5.69 Å². The van der Waals surface area contributed by atoms with Gasteiger partial charge >= 0.3 is 0 Å². The fourth-order valence-corrected chi connectivity index (χ4v) is 1.67. The van der Waals surface area contributed by atoms with Crippen LogP contribution >= 0.6 is 0 Å². The van der Waals surface area contributed by atoms with E-state index in [0.29, 0.717) is 0 Å². The summed E-state index contributed by atoms with van der Waals surface area (Å²) in [6.45, 7) is 0. The van der Waals surface area contributed by atoms with E-state index in [4.69, 9.17) is 5.73 Å². The van der Waals surface area contributed by atoms with Crippen LogP contribution in [0.2, 0.25) is 0 Å². The fraction of sp³-hybridized carbons (Fsp3) is 0. The van der Waals surface area contributed by atoms with Crippen LogP contribution in [0.3, 0.4) is 0 Å². The van der Waals surface area contributed by atoms with Crippen molar-refractivity contribution in [2.75, 3.05) is 0 Å². The molecule has 0 atom stereocenters. The minimum atomic E-state index is -0.531. The minimum Gasteiger partial charge on any atom is -0.366 e. The maximum atomic E-state index is 10.7. The van der Waals surface area contributed by atoms with Gasteiger partial charge in [0.15, 0.2) is 0 Å². The molecule has 1 amide bonds. The van der Waals surface area contributed by atoms with Gasteiger partial charge in [0.25, 0.3) is 5.69 Å². The molecule has 0 aliphatic heterocycles. The molecule has 0 aliphatic rings. The first kappa shape index (κ1) is 12.6. The summed E-state index contributed by atoms with van der Waals surface area (Å²) >= 11 is 0. The maximum absolute atomic E-state index is 10.7. The molecule has 0 unspecified atom stereocenters. The van der Waals surface area contributed by atoms with E-state index < -0.39 is 10.8 Å². The Morgan fingerprint density at radius 3 is 2.53 bits per heavy atom. The van der Waals surface area contributed by atoms with Crippen LogP contribution in [-0.4, -0.2) is 15.4 Å². The topological polar surface area (TPSA) is 91.2 Å². The lowest BCUT2D eigenvalue weighted by Crippen LogP contribution is -2.05. The van der Waals surface area contributed by atoms with Crippen LogP contribution in [-0.2, 0) is 4.79 Å². The van der Waals surface area contributed by atoms with Gasteiger partial charge in [-0.05, 0) is 30.3 Å². The van der Waals surface area contributed by atoms with Gasteiger partial charge in [0, 0.05) is 35.8 Å². The Morgan fingerprint density at radius 2 is 1.95 bits per heavy atom. The molecule has 1 aromatic heterocycles. The summed E-state index contributed by atoms with van der Waals surface area (Å²) in [6, 6.07) is 9.75. The molecule has 6 heteroatoms. The Bertz CT molecular complexity index is 641. The van der Waals surface area contributed by atoms with E-state index >= 15 is 0 Å². The number of hydrogen-bond donors (Lipinski definition) is 1. The summed E-state index contributed by atoms with van der Waals surface area (Å²) in [7, 11) is 0. The summed E-state index contributed by atoms with van der Waals surface area (Å²) in [5.74, 6) is -0.531. The number of aromatic nitrogens is 1. The Balaban J connectivity index is 2.34. The van der Waals surface area contributed by atoms with Crippen LogP contribution in [0.1, 0.15) is 5.69 Å². The van der Waals surface area contributed by atoms with Crippen LogP contribution < -0.4 is 5.73 Å². The smallest absolute Gasteiger partial charge is 0.269 e. The molecule has 2 aromatic rings. The van der Waals surface area contributed by atoms with Crippen LogP contribution in [0, 0.1) is 10.1 Å². The highest BCUT2D eigenvalue weighted by Gasteiger charge is 2.06. The van der Waals surface area contributed by atoms with Crippen LogP contribution in [0.5, 0.6) is 0 Å². The maximum Gasteiger partial charge on any atom is 0.269 e. The highest BCUT2D eigenvalue weighted by molar-refractivity contribution is 5.90. The van der Waals surface area contributed by atoms with Gasteiger partial charge in [-0.2, -0.15) is 0 Å². The number of benzene rings is 1. The normalized spacial score (nSPS) is 10.7. The zero-order chi connectivity index (χ0) is 13.8. The third kappa shape index (κ3) is 2.86. The van der Waals surface area contributed by atoms with E-state index in [1.807, 2.05) is 6.07 Å². The quantitative estimate of drug-likeness (QED) is 0.515. The van der Waals surface area contributed by atoms with Gasteiger partial charge in [-0.3, -0.25) is 14.9 Å². The van der Waals surface area contributed by atoms with Crippen LogP contribution in [0.15, 0.2) is 48.7 Å². The molecule has 0 fully saturated rings. The molecule has 2 N–H and O–H groups in total. The van der Waals surface area contributed by atoms with E-state index in [1.54, 1.807) is 35.0 Å². The molecule has 1 aromatic carbocycles. The molecule has 1 heterocycles. The number of nitro benzene ring substituents is 1. The van der Waals surface area contributed by atoms with Gasteiger partial charge in [0.1, 0.15) is 0 Å². The second-order valence-electron chi connectivity index (χ2n) is 3.81. The summed E-state index contributed by atoms with van der Waals surface area (Å²) in [6.07, 6.45) is 4.64. The highest BCUT2D eigenvalue weighted by Crippen LogP contribution is 2.18. The van der Waals surface area contributed by atoms with Crippen molar-refractivity contribution in [1.29, 1.82) is 0 Å². The standard InChI is InChI=1S/C13H11N3O3/c14-13(17)8-7-10-2-1-9-15(10)11-3-5-12(6-4-11)16(18)19/h1-9H,(H2,14,17)/b8-7-. The molecular weight excluding hydrogens is 246 g/mol. The van der Waals surface area contributed by atoms with Gasteiger partial charge in [-0.15, -0.1) is 0 Å². The number of nitro groups is 1. The first-order valence-electron chi connectivity index (χ1n) is 5.47. The largest absolute Gasteiger partial charge is 0.366 e. The van der Waals surface area contributed by atoms with Gasteiger partial charge in [0.2, 0.25) is 5.91 Å². The number of carbonyl (C=O) groups excluding carboxylic acids is 1. The van der Waals surface area contributed by atoms with E-state index in [1.165, 1.54) is 18.2 Å². The number of carbonyl (C=O) groups is 1. The Labute approximate surface area is 108 Å². The molecular formula is C13H11N3O3. The predicted molar refractivity (Wildman–Crippen MR) is 70.7 cm³/mol. The van der Waals surface area contributed by atoms with Crippen LogP contribution in [0.25, 0.3) is 11.8 Å². The molecule has 96 valence electrons. The molecule has 2 rings (SSSR count). The van der Waals surface area contributed by atoms with Crippen molar-refractivity contribution in [2.24, 2.45) is 5.73 Å². The second kappa shape index (κ2) is 5.18. The first-order valence-corrected chi connectivity index (χ1v) is 5.47. The van der Waals surface area contributed by atoms with Crippen molar-refractivity contribution in [3.8, 4) is 5.69 Å². The predicted octanol–water partition coefficient (Wildman–Crippen LogP) is 1.88. The van der Waals surface area contributed by atoms with Crippen molar-refractivity contribution in [3.05, 3.63) is 64.5 Å². The summed E-state index contributed by atoms with van der Waals surface area (Å²) in [4.78, 5) is 20.8. The average molecular weight is 257 g/mol. The summed E-state index contributed by atoms with van der Waals surface area (Å²) < 4.78 is 1.79. The lowest BCUT2D eigenvalue weighted by atomic mass is 10.2. The number of primary amides is 1. The number of hydrogen-bond acceptors (Lipinski definition) is 3. The zero-order valence-corrected chi connectivity index (χ0v) is 9.89. The van der Waals surface area contributed by atoms with Gasteiger partial charge in [-0.25, -0.2) is 0 Å². The van der Waals surface area contributed by atoms with Gasteiger partial charge < -0.3 is 10.3 Å². The van der Waals surface area contributed by atoms with E-state index in [9.17, 15) is 14.9 Å². The number of non-ortho nitro benzene ring substituents is 1. The number of nitrogens with two attached hydrogens (primary N) is 1. The monoisotopic (exact) mass is 257 g/mol. The summed E-state index contributed by atoms with van der Waals surface area (Å²) in [5.41, 5.74) is 6.59. The van der Waals surface area contributed by atoms with Crippen molar-refractivity contribution in [2.45, 2.75) is 0 Å². The molecule has 0 radical (unpaired) electrons. The number of amides is 1. The Morgan fingerprint density at radius 1 is 1.26 bits per heavy atom. The average Bonchev–Trinajstić information content (AvgIpc) is 2.84. The minimum absolute atomic E-state index is 0.0325. The lowest BCUT2D eigenvalue weighted by molar-refractivity contribution is -0.384. The SMILES string of the molecule is NC(=O)/C=C\c1cccn1-c1ccc([N+](=O)[O-])cc1. The summed E-state index contributed by atoms with van der Waals surface area (Å²) in [5, 5.41) is 10.6. The van der Waals surface area contributed by atoms with E-state index in [2.05, 4.69) is 0 Å². The molecule has 0 spiro atoms. The zero-order valence-electron chi connectivity index (χ0n) is 9.89. The van der Waals surface area contributed by atoms with Crippen molar-refractivity contribution >= 4 is 17.7 Å². The third-order valence-corrected chi connectivity index (χ3v) is 2.54. The second-order valence-corrected chi connectivity index (χ2v) is 3.81. The molecule has 0 bridgehead atoms. The highest BCUT2D eigenvalue weighted by atomic mass is 16.6. The number of nitrogens with zero attached hydrogens (tertiary/aromatic N) is 2. The molecule has 0 saturated carbocycles.